The van der Waals surface area contributed by atoms with Crippen LogP contribution in [0.5, 0.6) is 0 Å². The first-order valence-corrected chi connectivity index (χ1v) is 9.34. The highest BCUT2D eigenvalue weighted by Gasteiger charge is 2.24. The molecule has 0 aliphatic carbocycles. The van der Waals surface area contributed by atoms with Crippen LogP contribution in [-0.2, 0) is 11.3 Å². The van der Waals surface area contributed by atoms with Gasteiger partial charge in [-0.15, -0.1) is 0 Å². The summed E-state index contributed by atoms with van der Waals surface area (Å²) in [5.41, 5.74) is 1.31. The first-order valence-electron chi connectivity index (χ1n) is 8.54. The maximum Gasteiger partial charge on any atom is 0.320 e. The third-order valence-corrected chi connectivity index (χ3v) is 5.29. The molecule has 0 saturated carbocycles. The van der Waals surface area contributed by atoms with E-state index in [4.69, 9.17) is 0 Å². The summed E-state index contributed by atoms with van der Waals surface area (Å²) in [5, 5.41) is 12.7. The number of hydrogen-bond acceptors (Lipinski definition) is 3. The standard InChI is InChI=1S/C18H27BrN2O2/c1-2-3-8-17(18(22)23)20-15-9-11-21(12-10-15)13-14-6-4-5-7-16(14)19/h4-7,15,17,20H,2-3,8-13H2,1H3,(H,22,23). The summed E-state index contributed by atoms with van der Waals surface area (Å²) in [6, 6.07) is 8.26. The van der Waals surface area contributed by atoms with Crippen molar-refractivity contribution in [2.75, 3.05) is 13.1 Å². The largest absolute Gasteiger partial charge is 0.480 e. The van der Waals surface area contributed by atoms with Crippen LogP contribution in [0.4, 0.5) is 0 Å². The molecule has 1 aliphatic rings. The molecule has 5 heteroatoms. The Balaban J connectivity index is 1.79. The molecule has 128 valence electrons. The Hall–Kier alpha value is -0.910. The zero-order valence-electron chi connectivity index (χ0n) is 13.8. The lowest BCUT2D eigenvalue weighted by molar-refractivity contribution is -0.140. The van der Waals surface area contributed by atoms with Gasteiger partial charge in [-0.25, -0.2) is 0 Å². The lowest BCUT2D eigenvalue weighted by Gasteiger charge is -2.34. The Labute approximate surface area is 147 Å². The van der Waals surface area contributed by atoms with Gasteiger partial charge in [0.2, 0.25) is 0 Å². The fourth-order valence-electron chi connectivity index (χ4n) is 3.10. The van der Waals surface area contributed by atoms with Crippen LogP contribution in [0.25, 0.3) is 0 Å². The van der Waals surface area contributed by atoms with Gasteiger partial charge in [0.1, 0.15) is 6.04 Å². The van der Waals surface area contributed by atoms with Crippen LogP contribution in [0.1, 0.15) is 44.6 Å². The number of halogens is 1. The van der Waals surface area contributed by atoms with Gasteiger partial charge in [0, 0.05) is 17.1 Å². The van der Waals surface area contributed by atoms with E-state index >= 15 is 0 Å². The van der Waals surface area contributed by atoms with Gasteiger partial charge in [-0.05, 0) is 44.0 Å². The summed E-state index contributed by atoms with van der Waals surface area (Å²) in [6.45, 7) is 5.07. The molecular weight excluding hydrogens is 356 g/mol. The van der Waals surface area contributed by atoms with Gasteiger partial charge in [0.25, 0.3) is 0 Å². The van der Waals surface area contributed by atoms with Gasteiger partial charge < -0.3 is 10.4 Å². The molecular formula is C18H27BrN2O2. The van der Waals surface area contributed by atoms with Gasteiger partial charge in [-0.1, -0.05) is 53.9 Å². The quantitative estimate of drug-likeness (QED) is 0.720. The molecule has 1 aromatic rings. The number of carboxylic acid groups (broad SMARTS) is 1. The van der Waals surface area contributed by atoms with E-state index in [0.29, 0.717) is 6.04 Å². The van der Waals surface area contributed by atoms with Gasteiger partial charge in [0.05, 0.1) is 0 Å². The number of piperidine rings is 1. The van der Waals surface area contributed by atoms with E-state index in [-0.39, 0.29) is 0 Å². The maximum absolute atomic E-state index is 11.3. The smallest absolute Gasteiger partial charge is 0.320 e. The second-order valence-electron chi connectivity index (χ2n) is 6.34. The molecule has 0 amide bonds. The normalized spacial score (nSPS) is 18.0. The van der Waals surface area contributed by atoms with Crippen molar-refractivity contribution in [2.24, 2.45) is 0 Å². The summed E-state index contributed by atoms with van der Waals surface area (Å²) in [6.07, 6.45) is 4.75. The molecule has 23 heavy (non-hydrogen) atoms. The number of likely N-dealkylation sites (tertiary alicyclic amines) is 1. The van der Waals surface area contributed by atoms with Crippen LogP contribution in [0.2, 0.25) is 0 Å². The molecule has 1 saturated heterocycles. The van der Waals surface area contributed by atoms with Crippen LogP contribution in [0, 0.1) is 0 Å². The molecule has 1 heterocycles. The minimum atomic E-state index is -0.714. The topological polar surface area (TPSA) is 52.6 Å². The van der Waals surface area contributed by atoms with Crippen molar-refractivity contribution >= 4 is 21.9 Å². The van der Waals surface area contributed by atoms with Crippen molar-refractivity contribution in [2.45, 2.75) is 57.7 Å². The van der Waals surface area contributed by atoms with Gasteiger partial charge in [-0.3, -0.25) is 9.69 Å². The third kappa shape index (κ3) is 5.90. The highest BCUT2D eigenvalue weighted by atomic mass is 79.9. The van der Waals surface area contributed by atoms with E-state index in [0.717, 1.165) is 56.2 Å². The van der Waals surface area contributed by atoms with Crippen LogP contribution in [0.3, 0.4) is 0 Å². The van der Waals surface area contributed by atoms with Crippen molar-refractivity contribution < 1.29 is 9.90 Å². The van der Waals surface area contributed by atoms with Crippen molar-refractivity contribution in [3.05, 3.63) is 34.3 Å². The number of rotatable bonds is 8. The summed E-state index contributed by atoms with van der Waals surface area (Å²) >= 11 is 3.60. The first kappa shape index (κ1) is 18.4. The Kier molecular flexibility index (Phi) is 7.53. The van der Waals surface area contributed by atoms with Crippen LogP contribution < -0.4 is 5.32 Å². The number of hydrogen-bond donors (Lipinski definition) is 2. The second-order valence-corrected chi connectivity index (χ2v) is 7.20. The van der Waals surface area contributed by atoms with E-state index in [1.807, 2.05) is 6.07 Å². The second kappa shape index (κ2) is 9.40. The highest BCUT2D eigenvalue weighted by Crippen LogP contribution is 2.20. The average molecular weight is 383 g/mol. The molecule has 1 aliphatic heterocycles. The molecule has 4 nitrogen and oxygen atoms in total. The number of carbonyl (C=O) groups is 1. The Morgan fingerprint density at radius 1 is 1.39 bits per heavy atom. The lowest BCUT2D eigenvalue weighted by atomic mass is 10.0. The van der Waals surface area contributed by atoms with Gasteiger partial charge in [-0.2, -0.15) is 0 Å². The maximum atomic E-state index is 11.3. The van der Waals surface area contributed by atoms with Gasteiger partial charge >= 0.3 is 5.97 Å². The lowest BCUT2D eigenvalue weighted by Crippen LogP contribution is -2.48. The Morgan fingerprint density at radius 3 is 2.70 bits per heavy atom. The molecule has 0 spiro atoms. The summed E-state index contributed by atoms with van der Waals surface area (Å²) in [4.78, 5) is 13.8. The molecule has 1 atom stereocenters. The highest BCUT2D eigenvalue weighted by molar-refractivity contribution is 9.10. The van der Waals surface area contributed by atoms with Crippen LogP contribution >= 0.6 is 15.9 Å². The fourth-order valence-corrected chi connectivity index (χ4v) is 3.51. The van der Waals surface area contributed by atoms with Crippen molar-refractivity contribution in [3.63, 3.8) is 0 Å². The number of nitrogens with one attached hydrogen (secondary N) is 1. The number of aliphatic carboxylic acids is 1. The van der Waals surface area contributed by atoms with Gasteiger partial charge in [0.15, 0.2) is 0 Å². The third-order valence-electron chi connectivity index (χ3n) is 4.52. The molecule has 1 fully saturated rings. The zero-order valence-corrected chi connectivity index (χ0v) is 15.4. The van der Waals surface area contributed by atoms with E-state index in [1.54, 1.807) is 0 Å². The predicted molar refractivity (Wildman–Crippen MR) is 96.5 cm³/mol. The van der Waals surface area contributed by atoms with Crippen molar-refractivity contribution in [1.29, 1.82) is 0 Å². The zero-order chi connectivity index (χ0) is 16.7. The molecule has 1 unspecified atom stereocenters. The van der Waals surface area contributed by atoms with E-state index in [9.17, 15) is 9.90 Å². The number of unbranched alkanes of at least 4 members (excludes halogenated alkanes) is 1. The Morgan fingerprint density at radius 2 is 2.09 bits per heavy atom. The Bertz CT molecular complexity index is 502. The molecule has 0 radical (unpaired) electrons. The molecule has 0 bridgehead atoms. The van der Waals surface area contributed by atoms with Crippen LogP contribution in [-0.4, -0.2) is 41.1 Å². The monoisotopic (exact) mass is 382 g/mol. The van der Waals surface area contributed by atoms with Crippen molar-refractivity contribution in [3.8, 4) is 0 Å². The molecule has 2 rings (SSSR count). The molecule has 1 aromatic carbocycles. The summed E-state index contributed by atoms with van der Waals surface area (Å²) in [5.74, 6) is -0.714. The SMILES string of the molecule is CCCCC(NC1CCN(Cc2ccccc2Br)CC1)C(=O)O. The van der Waals surface area contributed by atoms with E-state index in [2.05, 4.69) is 51.3 Å². The van der Waals surface area contributed by atoms with Crippen molar-refractivity contribution in [1.82, 2.24) is 10.2 Å². The minimum Gasteiger partial charge on any atom is -0.480 e. The summed E-state index contributed by atoms with van der Waals surface area (Å²) in [7, 11) is 0. The molecule has 2 N–H and O–H groups in total. The fraction of sp³-hybridized carbons (Fsp3) is 0.611. The van der Waals surface area contributed by atoms with E-state index in [1.165, 1.54) is 5.56 Å². The average Bonchev–Trinajstić information content (AvgIpc) is 2.55. The number of carboxylic acids is 1. The predicted octanol–water partition coefficient (Wildman–Crippen LogP) is 3.65. The number of benzene rings is 1. The first-order chi connectivity index (χ1) is 11.1. The molecule has 0 aromatic heterocycles. The van der Waals surface area contributed by atoms with E-state index < -0.39 is 12.0 Å². The van der Waals surface area contributed by atoms with Crippen LogP contribution in [0.15, 0.2) is 28.7 Å². The minimum absolute atomic E-state index is 0.323. The summed E-state index contributed by atoms with van der Waals surface area (Å²) < 4.78 is 1.16. The number of nitrogens with zero attached hydrogens (tertiary/aromatic N) is 1.